The average Bonchev–Trinajstić information content (AvgIpc) is 2.15. The summed E-state index contributed by atoms with van der Waals surface area (Å²) in [6.07, 6.45) is 0.907. The van der Waals surface area contributed by atoms with Gasteiger partial charge in [-0.1, -0.05) is 29.8 Å². The summed E-state index contributed by atoms with van der Waals surface area (Å²) >= 11 is 0. The van der Waals surface area contributed by atoms with Crippen molar-refractivity contribution in [1.82, 2.24) is 0 Å². The van der Waals surface area contributed by atoms with E-state index in [1.807, 2.05) is 25.1 Å². The molecule has 1 aromatic carbocycles. The second-order valence-corrected chi connectivity index (χ2v) is 2.87. The fourth-order valence-corrected chi connectivity index (χ4v) is 1.04. The normalized spacial score (nSPS) is 10.0. The minimum atomic E-state index is -1.11. The van der Waals surface area contributed by atoms with Gasteiger partial charge in [-0.2, -0.15) is 5.26 Å². The van der Waals surface area contributed by atoms with Crippen LogP contribution in [0.5, 0.6) is 0 Å². The van der Waals surface area contributed by atoms with Crippen LogP contribution in [0.3, 0.4) is 0 Å². The molecule has 1 aromatic rings. The van der Waals surface area contributed by atoms with E-state index in [9.17, 15) is 4.79 Å². The Morgan fingerprint density at radius 3 is 2.33 bits per heavy atom. The van der Waals surface area contributed by atoms with Gasteiger partial charge in [-0.15, -0.1) is 0 Å². The van der Waals surface area contributed by atoms with Crippen LogP contribution < -0.4 is 0 Å². The summed E-state index contributed by atoms with van der Waals surface area (Å²) in [5, 5.41) is 17.2. The number of hydrogen-bond donors (Lipinski definition) is 1. The van der Waals surface area contributed by atoms with Crippen molar-refractivity contribution in [1.29, 1.82) is 5.26 Å². The summed E-state index contributed by atoms with van der Waals surface area (Å²) in [4.78, 5) is 10.4. The summed E-state index contributed by atoms with van der Waals surface area (Å²) in [6.45, 7) is 1.93. The molecule has 0 aliphatic heterocycles. The first-order valence-corrected chi connectivity index (χ1v) is 4.05. The molecule has 0 saturated heterocycles. The molecule has 0 aliphatic carbocycles. The first-order valence-electron chi connectivity index (χ1n) is 4.05. The van der Waals surface area contributed by atoms with E-state index in [-0.39, 0.29) is 57.0 Å². The van der Waals surface area contributed by atoms with Gasteiger partial charge in [0.1, 0.15) is 6.07 Å². The van der Waals surface area contributed by atoms with Crippen LogP contribution >= 0.6 is 0 Å². The van der Waals surface area contributed by atoms with Crippen LogP contribution in [-0.4, -0.2) is 62.5 Å². The molecule has 0 heterocycles. The molecule has 0 aliphatic rings. The van der Waals surface area contributed by atoms with Gasteiger partial charge in [-0.05, 0) is 12.5 Å². The number of carbonyl (C=O) groups is 1. The topological polar surface area (TPSA) is 61.1 Å². The van der Waals surface area contributed by atoms with Crippen molar-refractivity contribution in [3.05, 3.63) is 41.5 Å². The van der Waals surface area contributed by atoms with Crippen LogP contribution in [0.4, 0.5) is 0 Å². The third kappa shape index (κ3) is 4.73. The number of carboxylic acids is 1. The van der Waals surface area contributed by atoms with Crippen molar-refractivity contribution in [3.8, 4) is 6.07 Å². The molecule has 3 nitrogen and oxygen atoms in total. The summed E-state index contributed by atoms with van der Waals surface area (Å²) < 4.78 is 0. The number of allylic oxidation sites excluding steroid dienone is 1. The molecule has 0 radical (unpaired) electrons. The molecule has 15 heavy (non-hydrogen) atoms. The number of hydrogen-bond acceptors (Lipinski definition) is 2. The molecule has 0 spiro atoms. The van der Waals surface area contributed by atoms with E-state index in [4.69, 9.17) is 10.4 Å². The number of carboxylic acid groups (broad SMARTS) is 1. The van der Waals surface area contributed by atoms with E-state index in [1.54, 1.807) is 12.1 Å². The van der Waals surface area contributed by atoms with E-state index in [2.05, 4.69) is 0 Å². The van der Waals surface area contributed by atoms with E-state index >= 15 is 0 Å². The zero-order valence-corrected chi connectivity index (χ0v) is 7.69. The van der Waals surface area contributed by atoms with Gasteiger partial charge >= 0.3 is 57.4 Å². The number of aryl methyl sites for hydroxylation is 1. The fraction of sp³-hybridized carbons (Fsp3) is 0.0909. The Morgan fingerprint density at radius 2 is 1.93 bits per heavy atom. The van der Waals surface area contributed by atoms with E-state index in [1.165, 1.54) is 0 Å². The van der Waals surface area contributed by atoms with Gasteiger partial charge in [0.15, 0.2) is 0 Å². The van der Waals surface area contributed by atoms with Gasteiger partial charge in [0.25, 0.3) is 0 Å². The molecular weight excluding hydrogens is 217 g/mol. The number of benzene rings is 1. The zero-order chi connectivity index (χ0) is 10.6. The van der Waals surface area contributed by atoms with Gasteiger partial charge in [0.05, 0.1) is 5.57 Å². The number of aliphatic carboxylic acids is 1. The van der Waals surface area contributed by atoms with Gasteiger partial charge in [-0.25, -0.2) is 4.79 Å². The predicted molar refractivity (Wildman–Crippen MR) is 59.6 cm³/mol. The standard InChI is InChI=1S/C11H9NO2.K.H/c1-8-2-4-9(5-3-8)10(7-12)6-11(13)14;;/h2-6H,1H3,(H,13,14);;/b10-6-;;. The summed E-state index contributed by atoms with van der Waals surface area (Å²) in [7, 11) is 0. The van der Waals surface area contributed by atoms with E-state index < -0.39 is 5.97 Å². The van der Waals surface area contributed by atoms with Crippen molar-refractivity contribution in [2.75, 3.05) is 0 Å². The van der Waals surface area contributed by atoms with Gasteiger partial charge < -0.3 is 5.11 Å². The van der Waals surface area contributed by atoms with Crippen molar-refractivity contribution < 1.29 is 9.90 Å². The molecule has 72 valence electrons. The number of nitriles is 1. The molecule has 0 unspecified atom stereocenters. The number of rotatable bonds is 2. The van der Waals surface area contributed by atoms with Gasteiger partial charge in [0, 0.05) is 6.08 Å². The average molecular weight is 227 g/mol. The Balaban J connectivity index is 0.00000196. The summed E-state index contributed by atoms with van der Waals surface area (Å²) in [6, 6.07) is 8.98. The van der Waals surface area contributed by atoms with E-state index in [0.717, 1.165) is 11.6 Å². The molecule has 4 heteroatoms. The van der Waals surface area contributed by atoms with Crippen LogP contribution in [0.15, 0.2) is 30.3 Å². The Kier molecular flexibility index (Phi) is 6.73. The third-order valence-electron chi connectivity index (χ3n) is 1.75. The van der Waals surface area contributed by atoms with Gasteiger partial charge in [-0.3, -0.25) is 0 Å². The Bertz CT molecular complexity index is 415. The Morgan fingerprint density at radius 1 is 1.40 bits per heavy atom. The second kappa shape index (κ2) is 6.93. The maximum absolute atomic E-state index is 10.4. The number of nitrogens with zero attached hydrogens (tertiary/aromatic N) is 1. The maximum atomic E-state index is 10.4. The van der Waals surface area contributed by atoms with Crippen molar-refractivity contribution >= 4 is 62.9 Å². The van der Waals surface area contributed by atoms with Crippen LogP contribution in [0, 0.1) is 18.3 Å². The molecular formula is C11H10KNO2. The fourth-order valence-electron chi connectivity index (χ4n) is 1.04. The monoisotopic (exact) mass is 227 g/mol. The van der Waals surface area contributed by atoms with Crippen molar-refractivity contribution in [2.24, 2.45) is 0 Å². The van der Waals surface area contributed by atoms with Crippen LogP contribution in [-0.2, 0) is 4.79 Å². The quantitative estimate of drug-likeness (QED) is 0.471. The molecule has 0 saturated carbocycles. The second-order valence-electron chi connectivity index (χ2n) is 2.87. The van der Waals surface area contributed by atoms with Crippen LogP contribution in [0.1, 0.15) is 11.1 Å². The minimum absolute atomic E-state index is 0. The SMILES string of the molecule is Cc1ccc(/C(C#N)=C\C(=O)O)cc1.[KH]. The Hall–Kier alpha value is -0.444. The molecule has 0 amide bonds. The van der Waals surface area contributed by atoms with Crippen molar-refractivity contribution in [3.63, 3.8) is 0 Å². The predicted octanol–water partition coefficient (Wildman–Crippen LogP) is 1.34. The molecule has 0 atom stereocenters. The van der Waals surface area contributed by atoms with Gasteiger partial charge in [0.2, 0.25) is 0 Å². The molecule has 1 N–H and O–H groups in total. The molecule has 0 bridgehead atoms. The first-order chi connectivity index (χ1) is 6.63. The van der Waals surface area contributed by atoms with E-state index in [0.29, 0.717) is 5.56 Å². The third-order valence-corrected chi connectivity index (χ3v) is 1.75. The first kappa shape index (κ1) is 14.6. The summed E-state index contributed by atoms with van der Waals surface area (Å²) in [5.74, 6) is -1.11. The van der Waals surface area contributed by atoms with Crippen molar-refractivity contribution in [2.45, 2.75) is 6.92 Å². The Labute approximate surface area is 131 Å². The summed E-state index contributed by atoms with van der Waals surface area (Å²) in [5.41, 5.74) is 1.86. The molecule has 0 fully saturated rings. The zero-order valence-electron chi connectivity index (χ0n) is 7.69. The van der Waals surface area contributed by atoms with Crippen LogP contribution in [0.2, 0.25) is 0 Å². The molecule has 0 aromatic heterocycles. The van der Waals surface area contributed by atoms with Crippen LogP contribution in [0.25, 0.3) is 5.57 Å². The molecule has 1 rings (SSSR count).